The molecule has 0 aromatic heterocycles. The Morgan fingerprint density at radius 2 is 2.05 bits per heavy atom. The fourth-order valence-corrected chi connectivity index (χ4v) is 2.94. The summed E-state index contributed by atoms with van der Waals surface area (Å²) >= 11 is 0. The molecule has 104 valence electrons. The minimum absolute atomic E-state index is 0.0251. The Labute approximate surface area is 112 Å². The third-order valence-corrected chi connectivity index (χ3v) is 3.99. The summed E-state index contributed by atoms with van der Waals surface area (Å²) in [6.45, 7) is 0.915. The van der Waals surface area contributed by atoms with Crippen molar-refractivity contribution >= 4 is 11.8 Å². The van der Waals surface area contributed by atoms with Crippen molar-refractivity contribution in [2.45, 2.75) is 32.1 Å². The molecule has 1 aliphatic carbocycles. The minimum atomic E-state index is -0.156. The Kier molecular flexibility index (Phi) is 3.42. The molecule has 19 heavy (non-hydrogen) atoms. The van der Waals surface area contributed by atoms with E-state index in [-0.39, 0.29) is 25.0 Å². The van der Waals surface area contributed by atoms with Crippen LogP contribution in [0.2, 0.25) is 0 Å². The number of carbonyl (C=O) groups excluding carboxylic acids is 2. The molecule has 2 aliphatic heterocycles. The monoisotopic (exact) mass is 265 g/mol. The van der Waals surface area contributed by atoms with Gasteiger partial charge in [0.25, 0.3) is 5.91 Å². The topological polar surface area (TPSA) is 61.9 Å². The predicted octanol–water partition coefficient (Wildman–Crippen LogP) is 0.571. The van der Waals surface area contributed by atoms with Crippen LogP contribution in [0.3, 0.4) is 0 Å². The van der Waals surface area contributed by atoms with Crippen molar-refractivity contribution in [3.63, 3.8) is 0 Å². The normalized spacial score (nSPS) is 24.9. The van der Waals surface area contributed by atoms with Gasteiger partial charge in [0.1, 0.15) is 6.54 Å². The van der Waals surface area contributed by atoms with Crippen LogP contribution in [0.15, 0.2) is 12.0 Å². The van der Waals surface area contributed by atoms with Crippen LogP contribution in [0.4, 0.5) is 0 Å². The highest BCUT2D eigenvalue weighted by molar-refractivity contribution is 5.88. The Hall–Kier alpha value is -1.56. The van der Waals surface area contributed by atoms with Crippen molar-refractivity contribution in [3.8, 4) is 0 Å². The lowest BCUT2D eigenvalue weighted by molar-refractivity contribution is -0.199. The Balaban J connectivity index is 1.70. The average molecular weight is 265 g/mol. The van der Waals surface area contributed by atoms with Gasteiger partial charge in [-0.3, -0.25) is 19.3 Å². The number of hydroxylamine groups is 2. The minimum Gasteiger partial charge on any atom is -0.327 e. The van der Waals surface area contributed by atoms with Gasteiger partial charge in [-0.2, -0.15) is 0 Å². The van der Waals surface area contributed by atoms with Gasteiger partial charge in [-0.1, -0.05) is 19.3 Å². The van der Waals surface area contributed by atoms with Gasteiger partial charge in [0, 0.05) is 6.20 Å². The second-order valence-corrected chi connectivity index (χ2v) is 5.39. The molecule has 0 aromatic carbocycles. The molecule has 1 saturated heterocycles. The predicted molar refractivity (Wildman–Crippen MR) is 67.2 cm³/mol. The molecule has 3 aliphatic rings. The second-order valence-electron chi connectivity index (χ2n) is 5.39. The van der Waals surface area contributed by atoms with Gasteiger partial charge in [0.2, 0.25) is 5.91 Å². The lowest BCUT2D eigenvalue weighted by Crippen LogP contribution is -2.54. The van der Waals surface area contributed by atoms with Crippen molar-refractivity contribution in [1.82, 2.24) is 15.3 Å². The first-order valence-electron chi connectivity index (χ1n) is 6.94. The maximum absolute atomic E-state index is 11.8. The van der Waals surface area contributed by atoms with E-state index < -0.39 is 0 Å². The molecule has 0 atom stereocenters. The highest BCUT2D eigenvalue weighted by Gasteiger charge is 2.34. The van der Waals surface area contributed by atoms with Crippen LogP contribution in [0.5, 0.6) is 0 Å². The van der Waals surface area contributed by atoms with E-state index in [0.717, 1.165) is 6.54 Å². The van der Waals surface area contributed by atoms with Crippen LogP contribution < -0.4 is 5.32 Å². The zero-order valence-electron chi connectivity index (χ0n) is 10.9. The molecule has 0 unspecified atom stereocenters. The highest BCUT2D eigenvalue weighted by atomic mass is 16.7. The van der Waals surface area contributed by atoms with Crippen molar-refractivity contribution in [2.75, 3.05) is 19.7 Å². The smallest absolute Gasteiger partial charge is 0.257 e. The van der Waals surface area contributed by atoms with Gasteiger partial charge < -0.3 is 5.32 Å². The number of rotatable bonds is 2. The van der Waals surface area contributed by atoms with E-state index in [1.165, 1.54) is 37.0 Å². The van der Waals surface area contributed by atoms with E-state index in [1.54, 1.807) is 11.3 Å². The summed E-state index contributed by atoms with van der Waals surface area (Å²) in [4.78, 5) is 30.1. The molecule has 2 heterocycles. The first-order chi connectivity index (χ1) is 9.24. The first-order valence-corrected chi connectivity index (χ1v) is 6.94. The van der Waals surface area contributed by atoms with Gasteiger partial charge in [-0.25, -0.2) is 5.06 Å². The average Bonchev–Trinajstić information content (AvgIpc) is 2.43. The quantitative estimate of drug-likeness (QED) is 0.793. The molecule has 0 radical (unpaired) electrons. The molecule has 0 spiro atoms. The third kappa shape index (κ3) is 2.58. The number of amides is 2. The van der Waals surface area contributed by atoms with Crippen molar-refractivity contribution < 1.29 is 14.4 Å². The molecule has 1 N–H and O–H groups in total. The Morgan fingerprint density at radius 3 is 2.84 bits per heavy atom. The van der Waals surface area contributed by atoms with E-state index >= 15 is 0 Å². The van der Waals surface area contributed by atoms with Gasteiger partial charge >= 0.3 is 0 Å². The molecule has 1 saturated carbocycles. The summed E-state index contributed by atoms with van der Waals surface area (Å²) in [5.41, 5.74) is 0. The standard InChI is InChI=1S/C13H19N3O3/c17-11-8-15-12(6-14-11)16(19-9-13(15)18)7-10-4-2-1-3-5-10/h6,10H,1-5,7-9H2,(H,14,17). The molecule has 0 aromatic rings. The van der Waals surface area contributed by atoms with Gasteiger partial charge in [-0.05, 0) is 18.8 Å². The molecule has 6 nitrogen and oxygen atoms in total. The summed E-state index contributed by atoms with van der Waals surface area (Å²) < 4.78 is 0. The fourth-order valence-electron chi connectivity index (χ4n) is 2.94. The lowest BCUT2D eigenvalue weighted by Gasteiger charge is -2.41. The van der Waals surface area contributed by atoms with E-state index in [0.29, 0.717) is 11.7 Å². The van der Waals surface area contributed by atoms with Crippen LogP contribution in [-0.2, 0) is 14.4 Å². The highest BCUT2D eigenvalue weighted by Crippen LogP contribution is 2.28. The SMILES string of the molecule is O=C1CN2C(=O)CON(CC3CCCCC3)C2=CN1. The number of fused-ring (bicyclic) bond motifs is 1. The summed E-state index contributed by atoms with van der Waals surface area (Å²) in [5, 5.41) is 4.43. The molecular weight excluding hydrogens is 246 g/mol. The molecule has 3 rings (SSSR count). The Bertz CT molecular complexity index is 415. The molecule has 0 bridgehead atoms. The van der Waals surface area contributed by atoms with Crippen molar-refractivity contribution in [2.24, 2.45) is 5.92 Å². The van der Waals surface area contributed by atoms with Crippen molar-refractivity contribution in [1.29, 1.82) is 0 Å². The first kappa shape index (κ1) is 12.5. The van der Waals surface area contributed by atoms with Crippen LogP contribution >= 0.6 is 0 Å². The summed E-state index contributed by atoms with van der Waals surface area (Å²) in [7, 11) is 0. The maximum Gasteiger partial charge on any atom is 0.257 e. The number of carbonyl (C=O) groups is 2. The number of hydrogen-bond acceptors (Lipinski definition) is 4. The second kappa shape index (κ2) is 5.21. The fraction of sp³-hybridized carbons (Fsp3) is 0.692. The molecule has 6 heteroatoms. The Morgan fingerprint density at radius 1 is 1.26 bits per heavy atom. The molecule has 2 amide bonds. The zero-order chi connectivity index (χ0) is 13.2. The van der Waals surface area contributed by atoms with E-state index in [2.05, 4.69) is 5.32 Å². The number of hydrogen-bond donors (Lipinski definition) is 1. The lowest BCUT2D eigenvalue weighted by atomic mass is 9.89. The van der Waals surface area contributed by atoms with E-state index in [1.807, 2.05) is 0 Å². The van der Waals surface area contributed by atoms with E-state index in [4.69, 9.17) is 4.84 Å². The summed E-state index contributed by atoms with van der Waals surface area (Å²) in [6.07, 6.45) is 7.88. The summed E-state index contributed by atoms with van der Waals surface area (Å²) in [6, 6.07) is 0. The number of nitrogens with one attached hydrogen (secondary N) is 1. The zero-order valence-corrected chi connectivity index (χ0v) is 10.9. The van der Waals surface area contributed by atoms with E-state index in [9.17, 15) is 9.59 Å². The van der Waals surface area contributed by atoms with Crippen LogP contribution in [0.25, 0.3) is 0 Å². The van der Waals surface area contributed by atoms with Gasteiger partial charge in [-0.15, -0.1) is 0 Å². The van der Waals surface area contributed by atoms with Crippen LogP contribution in [-0.4, -0.2) is 41.5 Å². The largest absolute Gasteiger partial charge is 0.327 e. The number of nitrogens with zero attached hydrogens (tertiary/aromatic N) is 2. The molecule has 2 fully saturated rings. The molecular formula is C13H19N3O3. The van der Waals surface area contributed by atoms with Crippen molar-refractivity contribution in [3.05, 3.63) is 12.0 Å². The maximum atomic E-state index is 11.8. The summed E-state index contributed by atoms with van der Waals surface area (Å²) in [5.74, 6) is 0.973. The van der Waals surface area contributed by atoms with Crippen LogP contribution in [0.1, 0.15) is 32.1 Å². The van der Waals surface area contributed by atoms with Gasteiger partial charge in [0.15, 0.2) is 12.4 Å². The third-order valence-electron chi connectivity index (χ3n) is 3.99. The van der Waals surface area contributed by atoms with Gasteiger partial charge in [0.05, 0.1) is 6.54 Å². The van der Waals surface area contributed by atoms with Crippen LogP contribution in [0, 0.1) is 5.92 Å².